The van der Waals surface area contributed by atoms with E-state index in [-0.39, 0.29) is 6.04 Å². The first-order chi connectivity index (χ1) is 9.70. The van der Waals surface area contributed by atoms with Crippen molar-refractivity contribution in [3.8, 4) is 5.75 Å². The SMILES string of the molecule is COc1ccc(C(N)c2coc3ccccc23)c(C)c1. The zero-order valence-electron chi connectivity index (χ0n) is 11.6. The van der Waals surface area contributed by atoms with Gasteiger partial charge in [0, 0.05) is 10.9 Å². The second kappa shape index (κ2) is 5.02. The molecule has 0 spiro atoms. The number of para-hydroxylation sites is 1. The number of rotatable bonds is 3. The van der Waals surface area contributed by atoms with Crippen molar-refractivity contribution in [2.75, 3.05) is 7.11 Å². The summed E-state index contributed by atoms with van der Waals surface area (Å²) in [6.45, 7) is 2.04. The van der Waals surface area contributed by atoms with E-state index < -0.39 is 0 Å². The first-order valence-corrected chi connectivity index (χ1v) is 6.57. The predicted octanol–water partition coefficient (Wildman–Crippen LogP) is 3.80. The minimum atomic E-state index is -0.204. The van der Waals surface area contributed by atoms with E-state index in [0.29, 0.717) is 0 Å². The van der Waals surface area contributed by atoms with Gasteiger partial charge in [-0.05, 0) is 36.2 Å². The Hall–Kier alpha value is -2.26. The van der Waals surface area contributed by atoms with Crippen LogP contribution in [-0.2, 0) is 0 Å². The average molecular weight is 267 g/mol. The Labute approximate surface area is 118 Å². The maximum absolute atomic E-state index is 6.42. The topological polar surface area (TPSA) is 48.4 Å². The summed E-state index contributed by atoms with van der Waals surface area (Å²) in [5.41, 5.74) is 10.5. The Bertz CT molecular complexity index is 746. The quantitative estimate of drug-likeness (QED) is 0.785. The van der Waals surface area contributed by atoms with Crippen molar-refractivity contribution < 1.29 is 9.15 Å². The van der Waals surface area contributed by atoms with Crippen LogP contribution in [0.1, 0.15) is 22.7 Å². The van der Waals surface area contributed by atoms with Crippen LogP contribution >= 0.6 is 0 Å². The predicted molar refractivity (Wildman–Crippen MR) is 80.0 cm³/mol. The molecule has 0 aliphatic rings. The second-order valence-electron chi connectivity index (χ2n) is 4.89. The molecule has 102 valence electrons. The van der Waals surface area contributed by atoms with Crippen LogP contribution in [0, 0.1) is 6.92 Å². The van der Waals surface area contributed by atoms with Gasteiger partial charge in [-0.2, -0.15) is 0 Å². The third-order valence-corrected chi connectivity index (χ3v) is 3.66. The Morgan fingerprint density at radius 1 is 1.10 bits per heavy atom. The Morgan fingerprint density at radius 2 is 1.90 bits per heavy atom. The van der Waals surface area contributed by atoms with Crippen LogP contribution < -0.4 is 10.5 Å². The molecule has 3 nitrogen and oxygen atoms in total. The van der Waals surface area contributed by atoms with Gasteiger partial charge in [0.1, 0.15) is 11.3 Å². The van der Waals surface area contributed by atoms with Crippen molar-refractivity contribution in [1.29, 1.82) is 0 Å². The van der Waals surface area contributed by atoms with Crippen molar-refractivity contribution in [2.45, 2.75) is 13.0 Å². The summed E-state index contributed by atoms with van der Waals surface area (Å²) in [5, 5.41) is 1.07. The van der Waals surface area contributed by atoms with E-state index in [2.05, 4.69) is 0 Å². The van der Waals surface area contributed by atoms with Crippen molar-refractivity contribution in [2.24, 2.45) is 5.73 Å². The molecular formula is C17H17NO2. The molecule has 1 atom stereocenters. The van der Waals surface area contributed by atoms with Crippen LogP contribution in [0.3, 0.4) is 0 Å². The standard InChI is InChI=1S/C17H17NO2/c1-11-9-12(19-2)7-8-13(11)17(18)15-10-20-16-6-4-3-5-14(15)16/h3-10,17H,18H2,1-2H3. The molecule has 0 aliphatic carbocycles. The Balaban J connectivity index is 2.06. The maximum Gasteiger partial charge on any atom is 0.134 e. The van der Waals surface area contributed by atoms with Crippen LogP contribution in [0.4, 0.5) is 0 Å². The normalized spacial score (nSPS) is 12.6. The van der Waals surface area contributed by atoms with Crippen molar-refractivity contribution in [1.82, 2.24) is 0 Å². The summed E-state index contributed by atoms with van der Waals surface area (Å²) in [5.74, 6) is 0.843. The van der Waals surface area contributed by atoms with E-state index >= 15 is 0 Å². The van der Waals surface area contributed by atoms with E-state index in [4.69, 9.17) is 14.9 Å². The number of benzene rings is 2. The van der Waals surface area contributed by atoms with Crippen LogP contribution in [0.15, 0.2) is 53.1 Å². The van der Waals surface area contributed by atoms with Gasteiger partial charge in [0.25, 0.3) is 0 Å². The molecule has 0 bridgehead atoms. The summed E-state index contributed by atoms with van der Waals surface area (Å²) >= 11 is 0. The van der Waals surface area contributed by atoms with Crippen LogP contribution in [0.2, 0.25) is 0 Å². The highest BCUT2D eigenvalue weighted by Crippen LogP contribution is 2.31. The third kappa shape index (κ3) is 2.06. The molecular weight excluding hydrogens is 250 g/mol. The second-order valence-corrected chi connectivity index (χ2v) is 4.89. The number of hydrogen-bond acceptors (Lipinski definition) is 3. The molecule has 0 radical (unpaired) electrons. The molecule has 20 heavy (non-hydrogen) atoms. The lowest BCUT2D eigenvalue weighted by molar-refractivity contribution is 0.414. The molecule has 0 saturated carbocycles. The number of ether oxygens (including phenoxy) is 1. The average Bonchev–Trinajstić information content (AvgIpc) is 2.90. The minimum absolute atomic E-state index is 0.204. The molecule has 1 heterocycles. The van der Waals surface area contributed by atoms with E-state index in [1.54, 1.807) is 13.4 Å². The first-order valence-electron chi connectivity index (χ1n) is 6.57. The number of fused-ring (bicyclic) bond motifs is 1. The zero-order chi connectivity index (χ0) is 14.1. The fourth-order valence-corrected chi connectivity index (χ4v) is 2.53. The van der Waals surface area contributed by atoms with Crippen LogP contribution in [0.5, 0.6) is 5.75 Å². The monoisotopic (exact) mass is 267 g/mol. The summed E-state index contributed by atoms with van der Waals surface area (Å²) in [6, 6.07) is 13.7. The maximum atomic E-state index is 6.42. The number of furan rings is 1. The molecule has 0 aliphatic heterocycles. The van der Waals surface area contributed by atoms with Gasteiger partial charge in [0.2, 0.25) is 0 Å². The van der Waals surface area contributed by atoms with E-state index in [1.165, 1.54) is 0 Å². The smallest absolute Gasteiger partial charge is 0.134 e. The van der Waals surface area contributed by atoms with Crippen molar-refractivity contribution in [3.05, 3.63) is 65.4 Å². The van der Waals surface area contributed by atoms with Crippen LogP contribution in [0.25, 0.3) is 11.0 Å². The highest BCUT2D eigenvalue weighted by atomic mass is 16.5. The summed E-state index contributed by atoms with van der Waals surface area (Å²) < 4.78 is 10.8. The van der Waals surface area contributed by atoms with Gasteiger partial charge in [-0.3, -0.25) is 0 Å². The summed E-state index contributed by atoms with van der Waals surface area (Å²) in [7, 11) is 1.66. The molecule has 2 N–H and O–H groups in total. The number of aryl methyl sites for hydroxylation is 1. The van der Waals surface area contributed by atoms with Gasteiger partial charge in [-0.15, -0.1) is 0 Å². The first kappa shape index (κ1) is 12.8. The van der Waals surface area contributed by atoms with Gasteiger partial charge in [-0.1, -0.05) is 24.3 Å². The number of hydrogen-bond donors (Lipinski definition) is 1. The molecule has 2 aromatic carbocycles. The van der Waals surface area contributed by atoms with E-state index in [0.717, 1.165) is 33.4 Å². The van der Waals surface area contributed by atoms with Crippen molar-refractivity contribution in [3.63, 3.8) is 0 Å². The number of methoxy groups -OCH3 is 1. The summed E-state index contributed by atoms with van der Waals surface area (Å²) in [4.78, 5) is 0. The lowest BCUT2D eigenvalue weighted by Crippen LogP contribution is -2.12. The van der Waals surface area contributed by atoms with Gasteiger partial charge < -0.3 is 14.9 Å². The largest absolute Gasteiger partial charge is 0.497 e. The van der Waals surface area contributed by atoms with Crippen LogP contribution in [-0.4, -0.2) is 7.11 Å². The van der Waals surface area contributed by atoms with Gasteiger partial charge in [0.05, 0.1) is 19.4 Å². The highest BCUT2D eigenvalue weighted by molar-refractivity contribution is 5.82. The fourth-order valence-electron chi connectivity index (χ4n) is 2.53. The Kier molecular flexibility index (Phi) is 3.20. The molecule has 0 saturated heterocycles. The fraction of sp³-hybridized carbons (Fsp3) is 0.176. The van der Waals surface area contributed by atoms with Gasteiger partial charge in [0.15, 0.2) is 0 Å². The zero-order valence-corrected chi connectivity index (χ0v) is 11.6. The minimum Gasteiger partial charge on any atom is -0.497 e. The third-order valence-electron chi connectivity index (χ3n) is 3.66. The molecule has 1 unspecified atom stereocenters. The van der Waals surface area contributed by atoms with Gasteiger partial charge in [-0.25, -0.2) is 0 Å². The molecule has 0 amide bonds. The molecule has 0 fully saturated rings. The lowest BCUT2D eigenvalue weighted by atomic mass is 9.95. The van der Waals surface area contributed by atoms with E-state index in [1.807, 2.05) is 49.4 Å². The molecule has 3 rings (SSSR count). The molecule has 1 aromatic heterocycles. The highest BCUT2D eigenvalue weighted by Gasteiger charge is 2.16. The summed E-state index contributed by atoms with van der Waals surface area (Å²) in [6.07, 6.45) is 1.75. The molecule has 3 heteroatoms. The Morgan fingerprint density at radius 3 is 2.65 bits per heavy atom. The van der Waals surface area contributed by atoms with Crippen molar-refractivity contribution >= 4 is 11.0 Å². The van der Waals surface area contributed by atoms with Gasteiger partial charge >= 0.3 is 0 Å². The molecule has 3 aromatic rings. The number of nitrogens with two attached hydrogens (primary N) is 1. The van der Waals surface area contributed by atoms with E-state index in [9.17, 15) is 0 Å². The lowest BCUT2D eigenvalue weighted by Gasteiger charge is -2.14.